The van der Waals surface area contributed by atoms with Crippen LogP contribution in [0, 0.1) is 5.82 Å². The van der Waals surface area contributed by atoms with E-state index in [0.717, 1.165) is 9.87 Å². The van der Waals surface area contributed by atoms with Crippen LogP contribution in [0.15, 0.2) is 108 Å². The molecule has 248 valence electrons. The van der Waals surface area contributed by atoms with E-state index in [1.807, 2.05) is 44.2 Å². The van der Waals surface area contributed by atoms with Gasteiger partial charge in [0.2, 0.25) is 11.8 Å². The van der Waals surface area contributed by atoms with E-state index in [4.69, 9.17) is 9.47 Å². The van der Waals surface area contributed by atoms with Gasteiger partial charge in [-0.3, -0.25) is 13.9 Å². The summed E-state index contributed by atoms with van der Waals surface area (Å²) >= 11 is 0. The summed E-state index contributed by atoms with van der Waals surface area (Å²) in [5.74, 6) is -0.959. The Balaban J connectivity index is 1.86. The van der Waals surface area contributed by atoms with Gasteiger partial charge >= 0.3 is 0 Å². The fraction of sp³-hybridized carbons (Fsp3) is 0.278. The Labute approximate surface area is 276 Å². The minimum absolute atomic E-state index is 0.0434. The molecule has 47 heavy (non-hydrogen) atoms. The van der Waals surface area contributed by atoms with Gasteiger partial charge in [-0.1, -0.05) is 67.6 Å². The van der Waals surface area contributed by atoms with Crippen LogP contribution < -0.4 is 19.1 Å². The zero-order valence-corrected chi connectivity index (χ0v) is 27.7. The predicted molar refractivity (Wildman–Crippen MR) is 179 cm³/mol. The van der Waals surface area contributed by atoms with Crippen LogP contribution in [0.4, 0.5) is 10.1 Å². The number of nitrogens with zero attached hydrogens (tertiary/aromatic N) is 2. The number of hydrogen-bond donors (Lipinski definition) is 1. The number of ether oxygens (including phenoxy) is 2. The number of rotatable bonds is 15. The summed E-state index contributed by atoms with van der Waals surface area (Å²) in [5.41, 5.74) is 1.44. The summed E-state index contributed by atoms with van der Waals surface area (Å²) in [6, 6.07) is 26.1. The minimum atomic E-state index is -4.35. The molecule has 4 aromatic carbocycles. The van der Waals surface area contributed by atoms with Crippen LogP contribution >= 0.6 is 0 Å². The van der Waals surface area contributed by atoms with E-state index in [1.54, 1.807) is 30.3 Å². The molecule has 0 aliphatic carbocycles. The van der Waals surface area contributed by atoms with Crippen molar-refractivity contribution >= 4 is 27.5 Å². The Bertz CT molecular complexity index is 1740. The molecular formula is C36H40FN3O6S. The number of carbonyl (C=O) groups excluding carboxylic acids is 2. The van der Waals surface area contributed by atoms with Crippen molar-refractivity contribution in [3.05, 3.63) is 120 Å². The highest BCUT2D eigenvalue weighted by Gasteiger charge is 2.36. The fourth-order valence-electron chi connectivity index (χ4n) is 5.01. The monoisotopic (exact) mass is 661 g/mol. The molecule has 2 amide bonds. The highest BCUT2D eigenvalue weighted by atomic mass is 32.2. The second-order valence-corrected chi connectivity index (χ2v) is 12.9. The lowest BCUT2D eigenvalue weighted by molar-refractivity contribution is -0.140. The second kappa shape index (κ2) is 16.1. The number of hydrogen-bond acceptors (Lipinski definition) is 6. The van der Waals surface area contributed by atoms with Gasteiger partial charge in [0, 0.05) is 25.1 Å². The standard InChI is InChI=1S/C36H40FN3O6S/c1-5-26(2)38-36(42)33(22-27-12-8-6-9-13-27)39(24-28-16-18-29(37)19-17-28)35(41)25-40(47(43,44)31-14-10-7-11-15-31)32-23-30(45-3)20-21-34(32)46-4/h6-21,23,26,33H,5,22,24-25H2,1-4H3,(H,38,42)/t26-,33+/m1/s1. The normalized spacial score (nSPS) is 12.4. The molecule has 4 rings (SSSR count). The number of nitrogens with one attached hydrogen (secondary N) is 1. The van der Waals surface area contributed by atoms with Gasteiger partial charge in [-0.15, -0.1) is 0 Å². The Morgan fingerprint density at radius 1 is 0.851 bits per heavy atom. The summed E-state index contributed by atoms with van der Waals surface area (Å²) in [6.45, 7) is 3.04. The Morgan fingerprint density at radius 3 is 2.09 bits per heavy atom. The van der Waals surface area contributed by atoms with Gasteiger partial charge in [0.05, 0.1) is 24.8 Å². The van der Waals surface area contributed by atoms with Gasteiger partial charge in [-0.05, 0) is 60.9 Å². The lowest BCUT2D eigenvalue weighted by Gasteiger charge is -2.34. The zero-order valence-electron chi connectivity index (χ0n) is 26.9. The third kappa shape index (κ3) is 8.88. The van der Waals surface area contributed by atoms with Crippen molar-refractivity contribution in [3.8, 4) is 11.5 Å². The largest absolute Gasteiger partial charge is 0.497 e. The van der Waals surface area contributed by atoms with Crippen LogP contribution in [0.1, 0.15) is 31.4 Å². The molecular weight excluding hydrogens is 621 g/mol. The average Bonchev–Trinajstić information content (AvgIpc) is 3.09. The maximum atomic E-state index is 14.6. The number of carbonyl (C=O) groups is 2. The van der Waals surface area contributed by atoms with Gasteiger partial charge in [0.1, 0.15) is 29.9 Å². The van der Waals surface area contributed by atoms with Gasteiger partial charge in [-0.2, -0.15) is 0 Å². The molecule has 0 aliphatic heterocycles. The van der Waals surface area contributed by atoms with Crippen molar-refractivity contribution in [1.29, 1.82) is 0 Å². The highest BCUT2D eigenvalue weighted by Crippen LogP contribution is 2.36. The number of halogens is 1. The molecule has 0 aliphatic rings. The first kappa shape index (κ1) is 35.0. The molecule has 9 nitrogen and oxygen atoms in total. The van der Waals surface area contributed by atoms with E-state index in [2.05, 4.69) is 5.32 Å². The first-order chi connectivity index (χ1) is 22.6. The topological polar surface area (TPSA) is 105 Å². The molecule has 0 aromatic heterocycles. The molecule has 1 N–H and O–H groups in total. The van der Waals surface area contributed by atoms with Crippen LogP contribution in [0.5, 0.6) is 11.5 Å². The van der Waals surface area contributed by atoms with Crippen LogP contribution in [0.2, 0.25) is 0 Å². The molecule has 0 saturated heterocycles. The lowest BCUT2D eigenvalue weighted by Crippen LogP contribution is -2.54. The van der Waals surface area contributed by atoms with Crippen LogP contribution in [0.3, 0.4) is 0 Å². The number of amides is 2. The Hall–Kier alpha value is -4.90. The van der Waals surface area contributed by atoms with E-state index in [-0.39, 0.29) is 35.3 Å². The Kier molecular flexibility index (Phi) is 12.0. The SMILES string of the molecule is CC[C@@H](C)NC(=O)[C@H](Cc1ccccc1)N(Cc1ccc(F)cc1)C(=O)CN(c1cc(OC)ccc1OC)S(=O)(=O)c1ccccc1. The maximum Gasteiger partial charge on any atom is 0.264 e. The smallest absolute Gasteiger partial charge is 0.264 e. The van der Waals surface area contributed by atoms with Crippen molar-refractivity contribution in [3.63, 3.8) is 0 Å². The number of methoxy groups -OCH3 is 2. The summed E-state index contributed by atoms with van der Waals surface area (Å²) in [7, 11) is -1.50. The van der Waals surface area contributed by atoms with E-state index in [0.29, 0.717) is 17.7 Å². The second-order valence-electron chi connectivity index (χ2n) is 11.0. The van der Waals surface area contributed by atoms with Crippen molar-refractivity contribution < 1.29 is 31.9 Å². The van der Waals surface area contributed by atoms with Crippen LogP contribution in [-0.2, 0) is 32.6 Å². The molecule has 2 atom stereocenters. The zero-order chi connectivity index (χ0) is 34.0. The van der Waals surface area contributed by atoms with Gasteiger partial charge in [-0.25, -0.2) is 12.8 Å². The van der Waals surface area contributed by atoms with Crippen molar-refractivity contribution in [2.75, 3.05) is 25.1 Å². The Morgan fingerprint density at radius 2 is 1.49 bits per heavy atom. The molecule has 0 spiro atoms. The first-order valence-corrected chi connectivity index (χ1v) is 16.7. The van der Waals surface area contributed by atoms with Crippen molar-refractivity contribution in [2.24, 2.45) is 0 Å². The number of anilines is 1. The van der Waals surface area contributed by atoms with Crippen LogP contribution in [-0.4, -0.2) is 58.0 Å². The quantitative estimate of drug-likeness (QED) is 0.178. The average molecular weight is 662 g/mol. The first-order valence-electron chi connectivity index (χ1n) is 15.2. The van der Waals surface area contributed by atoms with Gasteiger partial charge in [0.25, 0.3) is 10.0 Å². The molecule has 11 heteroatoms. The molecule has 0 unspecified atom stereocenters. The van der Waals surface area contributed by atoms with Gasteiger partial charge < -0.3 is 19.7 Å². The summed E-state index contributed by atoms with van der Waals surface area (Å²) in [6.07, 6.45) is 0.818. The molecule has 0 saturated carbocycles. The van der Waals surface area contributed by atoms with Gasteiger partial charge in [0.15, 0.2) is 0 Å². The number of benzene rings is 4. The summed E-state index contributed by atoms with van der Waals surface area (Å²) in [5, 5.41) is 2.99. The van der Waals surface area contributed by atoms with E-state index >= 15 is 0 Å². The van der Waals surface area contributed by atoms with Crippen molar-refractivity contribution in [2.45, 2.75) is 50.2 Å². The van der Waals surface area contributed by atoms with E-state index < -0.39 is 40.2 Å². The van der Waals surface area contributed by atoms with E-state index in [9.17, 15) is 22.4 Å². The molecule has 0 radical (unpaired) electrons. The fourth-order valence-corrected chi connectivity index (χ4v) is 6.44. The summed E-state index contributed by atoms with van der Waals surface area (Å²) < 4.78 is 54.3. The molecule has 0 heterocycles. The molecule has 0 bridgehead atoms. The summed E-state index contributed by atoms with van der Waals surface area (Å²) in [4.78, 5) is 29.9. The highest BCUT2D eigenvalue weighted by molar-refractivity contribution is 7.92. The number of sulfonamides is 1. The molecule has 0 fully saturated rings. The van der Waals surface area contributed by atoms with E-state index in [1.165, 1.54) is 61.6 Å². The maximum absolute atomic E-state index is 14.6. The van der Waals surface area contributed by atoms with Crippen LogP contribution in [0.25, 0.3) is 0 Å². The minimum Gasteiger partial charge on any atom is -0.497 e. The third-order valence-electron chi connectivity index (χ3n) is 7.80. The third-order valence-corrected chi connectivity index (χ3v) is 9.58. The lowest BCUT2D eigenvalue weighted by atomic mass is 10.0. The van der Waals surface area contributed by atoms with Crippen molar-refractivity contribution in [1.82, 2.24) is 10.2 Å². The molecule has 4 aromatic rings. The predicted octanol–water partition coefficient (Wildman–Crippen LogP) is 5.59.